The zero-order valence-corrected chi connectivity index (χ0v) is 10.9. The second-order valence-electron chi connectivity index (χ2n) is 5.55. The van der Waals surface area contributed by atoms with Crippen molar-refractivity contribution in [3.05, 3.63) is 0 Å². The number of amides is 1. The molecule has 92 valence electrons. The fourth-order valence-electron chi connectivity index (χ4n) is 2.92. The van der Waals surface area contributed by atoms with Crippen LogP contribution in [0.1, 0.15) is 39.0 Å². The minimum atomic E-state index is 0.310. The molecule has 1 heterocycles. The van der Waals surface area contributed by atoms with E-state index in [-0.39, 0.29) is 0 Å². The lowest BCUT2D eigenvalue weighted by Crippen LogP contribution is -2.36. The number of carbonyl (C=O) groups is 1. The molecule has 1 aliphatic carbocycles. The zero-order valence-electron chi connectivity index (χ0n) is 10.1. The van der Waals surface area contributed by atoms with E-state index in [1.807, 2.05) is 4.90 Å². The van der Waals surface area contributed by atoms with Gasteiger partial charge in [-0.3, -0.25) is 4.79 Å². The standard InChI is InChI=1S/C13H22ClNO/c1-10-2-4-12(5-3-10)13(16)15-7-6-11(8-14)9-15/h10-12H,2-9H2,1H3. The van der Waals surface area contributed by atoms with E-state index < -0.39 is 0 Å². The third-order valence-corrected chi connectivity index (χ3v) is 4.62. The van der Waals surface area contributed by atoms with Crippen LogP contribution >= 0.6 is 11.6 Å². The Hall–Kier alpha value is -0.240. The lowest BCUT2D eigenvalue weighted by Gasteiger charge is -2.29. The van der Waals surface area contributed by atoms with E-state index in [9.17, 15) is 4.79 Å². The minimum Gasteiger partial charge on any atom is -0.342 e. The molecule has 2 nitrogen and oxygen atoms in total. The van der Waals surface area contributed by atoms with Crippen molar-refractivity contribution in [2.45, 2.75) is 39.0 Å². The Morgan fingerprint density at radius 2 is 1.94 bits per heavy atom. The summed E-state index contributed by atoms with van der Waals surface area (Å²) in [7, 11) is 0. The highest BCUT2D eigenvalue weighted by atomic mass is 35.5. The molecule has 16 heavy (non-hydrogen) atoms. The number of likely N-dealkylation sites (tertiary alicyclic amines) is 1. The fourth-order valence-corrected chi connectivity index (χ4v) is 3.18. The molecular formula is C13H22ClNO. The second-order valence-corrected chi connectivity index (χ2v) is 5.86. The predicted molar refractivity (Wildman–Crippen MR) is 66.5 cm³/mol. The van der Waals surface area contributed by atoms with Gasteiger partial charge in [0.25, 0.3) is 0 Å². The molecule has 1 unspecified atom stereocenters. The topological polar surface area (TPSA) is 20.3 Å². The molecule has 1 atom stereocenters. The summed E-state index contributed by atoms with van der Waals surface area (Å²) < 4.78 is 0. The molecule has 2 fully saturated rings. The molecule has 0 bridgehead atoms. The van der Waals surface area contributed by atoms with Crippen LogP contribution in [0.25, 0.3) is 0 Å². The number of halogens is 1. The molecule has 0 spiro atoms. The average molecular weight is 244 g/mol. The first-order valence-electron chi connectivity index (χ1n) is 6.55. The number of alkyl halides is 1. The van der Waals surface area contributed by atoms with Crippen LogP contribution < -0.4 is 0 Å². The third-order valence-electron chi connectivity index (χ3n) is 4.18. The molecule has 2 rings (SSSR count). The molecule has 1 saturated heterocycles. The summed E-state index contributed by atoms with van der Waals surface area (Å²) in [6.07, 6.45) is 5.74. The maximum atomic E-state index is 12.3. The number of carbonyl (C=O) groups excluding carboxylic acids is 1. The molecule has 3 heteroatoms. The number of rotatable bonds is 2. The van der Waals surface area contributed by atoms with Gasteiger partial charge < -0.3 is 4.90 Å². The summed E-state index contributed by atoms with van der Waals surface area (Å²) in [5, 5.41) is 0. The van der Waals surface area contributed by atoms with Gasteiger partial charge in [0, 0.05) is 24.9 Å². The summed E-state index contributed by atoms with van der Waals surface area (Å²) in [4.78, 5) is 14.3. The lowest BCUT2D eigenvalue weighted by molar-refractivity contribution is -0.135. The van der Waals surface area contributed by atoms with Crippen LogP contribution in [-0.2, 0) is 4.79 Å². The average Bonchev–Trinajstić information content (AvgIpc) is 2.77. The highest BCUT2D eigenvalue weighted by Crippen LogP contribution is 2.31. The monoisotopic (exact) mass is 243 g/mol. The maximum Gasteiger partial charge on any atom is 0.225 e. The first-order chi connectivity index (χ1) is 7.70. The third kappa shape index (κ3) is 2.71. The highest BCUT2D eigenvalue weighted by molar-refractivity contribution is 6.18. The van der Waals surface area contributed by atoms with Crippen LogP contribution in [-0.4, -0.2) is 29.8 Å². The normalized spacial score (nSPS) is 35.4. The van der Waals surface area contributed by atoms with Crippen molar-refractivity contribution in [2.24, 2.45) is 17.8 Å². The van der Waals surface area contributed by atoms with Crippen LogP contribution in [0.3, 0.4) is 0 Å². The highest BCUT2D eigenvalue weighted by Gasteiger charge is 2.32. The molecule has 0 aromatic heterocycles. The van der Waals surface area contributed by atoms with Crippen molar-refractivity contribution >= 4 is 17.5 Å². The van der Waals surface area contributed by atoms with Gasteiger partial charge in [0.05, 0.1) is 0 Å². The van der Waals surface area contributed by atoms with Gasteiger partial charge in [-0.1, -0.05) is 6.92 Å². The van der Waals surface area contributed by atoms with Gasteiger partial charge >= 0.3 is 0 Å². The largest absolute Gasteiger partial charge is 0.342 e. The van der Waals surface area contributed by atoms with E-state index in [1.54, 1.807) is 0 Å². The fraction of sp³-hybridized carbons (Fsp3) is 0.923. The van der Waals surface area contributed by atoms with Gasteiger partial charge in [0.1, 0.15) is 0 Å². The molecule has 0 aromatic rings. The van der Waals surface area contributed by atoms with E-state index in [2.05, 4.69) is 6.92 Å². The second kappa shape index (κ2) is 5.39. The lowest BCUT2D eigenvalue weighted by atomic mass is 9.82. The molecule has 1 amide bonds. The Morgan fingerprint density at radius 3 is 2.50 bits per heavy atom. The Labute approximate surface area is 103 Å². The van der Waals surface area contributed by atoms with Gasteiger partial charge in [-0.15, -0.1) is 11.6 Å². The van der Waals surface area contributed by atoms with Crippen LogP contribution in [0.2, 0.25) is 0 Å². The van der Waals surface area contributed by atoms with E-state index in [1.165, 1.54) is 12.8 Å². The SMILES string of the molecule is CC1CCC(C(=O)N2CCC(CCl)C2)CC1. The Balaban J connectivity index is 1.83. The Morgan fingerprint density at radius 1 is 1.25 bits per heavy atom. The molecule has 2 aliphatic rings. The molecule has 0 N–H and O–H groups in total. The number of hydrogen-bond donors (Lipinski definition) is 0. The predicted octanol–water partition coefficient (Wildman–Crippen LogP) is 2.90. The van der Waals surface area contributed by atoms with Crippen LogP contribution in [0.15, 0.2) is 0 Å². The van der Waals surface area contributed by atoms with Gasteiger partial charge in [-0.05, 0) is 43.9 Å². The molecular weight excluding hydrogens is 222 g/mol. The van der Waals surface area contributed by atoms with Gasteiger partial charge in [0.15, 0.2) is 0 Å². The van der Waals surface area contributed by atoms with E-state index in [0.717, 1.165) is 38.3 Å². The molecule has 0 radical (unpaired) electrons. The van der Waals surface area contributed by atoms with E-state index in [4.69, 9.17) is 11.6 Å². The number of nitrogens with zero attached hydrogens (tertiary/aromatic N) is 1. The summed E-state index contributed by atoms with van der Waals surface area (Å²) in [6, 6.07) is 0. The first-order valence-corrected chi connectivity index (χ1v) is 7.09. The summed E-state index contributed by atoms with van der Waals surface area (Å²) in [5.74, 6) is 2.77. The van der Waals surface area contributed by atoms with Crippen molar-refractivity contribution in [2.75, 3.05) is 19.0 Å². The van der Waals surface area contributed by atoms with Crippen molar-refractivity contribution < 1.29 is 4.79 Å². The van der Waals surface area contributed by atoms with Crippen molar-refractivity contribution in [1.82, 2.24) is 4.90 Å². The van der Waals surface area contributed by atoms with E-state index in [0.29, 0.717) is 23.6 Å². The Kier molecular flexibility index (Phi) is 4.12. The van der Waals surface area contributed by atoms with Gasteiger partial charge in [-0.2, -0.15) is 0 Å². The van der Waals surface area contributed by atoms with Crippen LogP contribution in [0, 0.1) is 17.8 Å². The summed E-state index contributed by atoms with van der Waals surface area (Å²) in [5.41, 5.74) is 0. The summed E-state index contributed by atoms with van der Waals surface area (Å²) in [6.45, 7) is 4.12. The van der Waals surface area contributed by atoms with Crippen LogP contribution in [0.4, 0.5) is 0 Å². The van der Waals surface area contributed by atoms with E-state index >= 15 is 0 Å². The van der Waals surface area contributed by atoms with Crippen molar-refractivity contribution in [3.8, 4) is 0 Å². The molecule has 0 aromatic carbocycles. The minimum absolute atomic E-state index is 0.310. The van der Waals surface area contributed by atoms with Crippen molar-refractivity contribution in [1.29, 1.82) is 0 Å². The first kappa shape index (κ1) is 12.2. The Bertz CT molecular complexity index is 244. The van der Waals surface area contributed by atoms with Gasteiger partial charge in [-0.25, -0.2) is 0 Å². The zero-order chi connectivity index (χ0) is 11.5. The quantitative estimate of drug-likeness (QED) is 0.683. The number of hydrogen-bond acceptors (Lipinski definition) is 1. The smallest absolute Gasteiger partial charge is 0.225 e. The molecule has 1 saturated carbocycles. The van der Waals surface area contributed by atoms with Crippen molar-refractivity contribution in [3.63, 3.8) is 0 Å². The van der Waals surface area contributed by atoms with Gasteiger partial charge in [0.2, 0.25) is 5.91 Å². The molecule has 1 aliphatic heterocycles. The maximum absolute atomic E-state index is 12.3. The summed E-state index contributed by atoms with van der Waals surface area (Å²) >= 11 is 5.84. The van der Waals surface area contributed by atoms with Crippen LogP contribution in [0.5, 0.6) is 0 Å².